The van der Waals surface area contributed by atoms with Gasteiger partial charge in [0.05, 0.1) is 23.8 Å². The standard InChI is InChI=1S/C17H22FN3/c1-3-8-20-16-10-17(12-19-11-16)21-13(2)9-14-4-6-15(18)7-5-14/h4-7,10-13,20-21H,3,8-9H2,1-2H3. The number of nitrogens with zero attached hydrogens (tertiary/aromatic N) is 1. The first-order chi connectivity index (χ1) is 10.2. The Morgan fingerprint density at radius 1 is 1.14 bits per heavy atom. The Balaban J connectivity index is 1.92. The fourth-order valence-electron chi connectivity index (χ4n) is 2.19. The number of benzene rings is 1. The van der Waals surface area contributed by atoms with E-state index >= 15 is 0 Å². The van der Waals surface area contributed by atoms with Crippen molar-refractivity contribution >= 4 is 11.4 Å². The molecular weight excluding hydrogens is 265 g/mol. The number of hydrogen-bond acceptors (Lipinski definition) is 3. The van der Waals surface area contributed by atoms with E-state index in [1.807, 2.05) is 24.5 Å². The van der Waals surface area contributed by atoms with Crippen LogP contribution in [0.4, 0.5) is 15.8 Å². The van der Waals surface area contributed by atoms with Gasteiger partial charge in [0.1, 0.15) is 5.82 Å². The topological polar surface area (TPSA) is 37.0 Å². The molecule has 0 amide bonds. The Morgan fingerprint density at radius 3 is 2.57 bits per heavy atom. The Morgan fingerprint density at radius 2 is 1.86 bits per heavy atom. The molecule has 1 unspecified atom stereocenters. The third-order valence-corrected chi connectivity index (χ3v) is 3.19. The van der Waals surface area contributed by atoms with Crippen molar-refractivity contribution in [1.29, 1.82) is 0 Å². The lowest BCUT2D eigenvalue weighted by molar-refractivity contribution is 0.626. The van der Waals surface area contributed by atoms with Crippen LogP contribution in [0.5, 0.6) is 0 Å². The minimum atomic E-state index is -0.196. The van der Waals surface area contributed by atoms with Crippen molar-refractivity contribution in [2.75, 3.05) is 17.2 Å². The molecule has 0 saturated carbocycles. The Labute approximate surface area is 125 Å². The molecule has 0 aliphatic heterocycles. The third kappa shape index (κ3) is 5.06. The lowest BCUT2D eigenvalue weighted by Gasteiger charge is -2.16. The van der Waals surface area contributed by atoms with E-state index in [4.69, 9.17) is 0 Å². The second-order valence-electron chi connectivity index (χ2n) is 5.27. The van der Waals surface area contributed by atoms with Gasteiger partial charge in [0.15, 0.2) is 0 Å². The number of hydrogen-bond donors (Lipinski definition) is 2. The van der Waals surface area contributed by atoms with Gasteiger partial charge < -0.3 is 10.6 Å². The molecule has 2 rings (SSSR count). The maximum atomic E-state index is 12.9. The molecule has 0 saturated heterocycles. The van der Waals surface area contributed by atoms with Gasteiger partial charge in [0.25, 0.3) is 0 Å². The average Bonchev–Trinajstić information content (AvgIpc) is 2.48. The number of pyridine rings is 1. The van der Waals surface area contributed by atoms with E-state index in [9.17, 15) is 4.39 Å². The Kier molecular flexibility index (Phi) is 5.55. The zero-order valence-electron chi connectivity index (χ0n) is 12.6. The number of rotatable bonds is 7. The molecule has 3 nitrogen and oxygen atoms in total. The molecule has 1 aromatic heterocycles. The van der Waals surface area contributed by atoms with Crippen LogP contribution < -0.4 is 10.6 Å². The van der Waals surface area contributed by atoms with Crippen molar-refractivity contribution in [1.82, 2.24) is 4.98 Å². The quantitative estimate of drug-likeness (QED) is 0.805. The van der Waals surface area contributed by atoms with Gasteiger partial charge in [0.2, 0.25) is 0 Å². The number of nitrogens with one attached hydrogen (secondary N) is 2. The molecule has 0 spiro atoms. The Bertz CT molecular complexity index is 554. The summed E-state index contributed by atoms with van der Waals surface area (Å²) in [5, 5.41) is 6.75. The molecule has 0 aliphatic rings. The van der Waals surface area contributed by atoms with Crippen LogP contribution in [0, 0.1) is 5.82 Å². The van der Waals surface area contributed by atoms with E-state index in [0.29, 0.717) is 0 Å². The smallest absolute Gasteiger partial charge is 0.123 e. The zero-order chi connectivity index (χ0) is 15.1. The van der Waals surface area contributed by atoms with Gasteiger partial charge in [-0.15, -0.1) is 0 Å². The summed E-state index contributed by atoms with van der Waals surface area (Å²) < 4.78 is 12.9. The SMILES string of the molecule is CCCNc1cncc(NC(C)Cc2ccc(F)cc2)c1. The summed E-state index contributed by atoms with van der Waals surface area (Å²) in [7, 11) is 0. The predicted octanol–water partition coefficient (Wildman–Crippen LogP) is 4.09. The summed E-state index contributed by atoms with van der Waals surface area (Å²) >= 11 is 0. The van der Waals surface area contributed by atoms with Crippen LogP contribution in [0.3, 0.4) is 0 Å². The van der Waals surface area contributed by atoms with Gasteiger partial charge in [-0.2, -0.15) is 0 Å². The van der Waals surface area contributed by atoms with E-state index in [-0.39, 0.29) is 11.9 Å². The maximum absolute atomic E-state index is 12.9. The number of halogens is 1. The van der Waals surface area contributed by atoms with Gasteiger partial charge in [-0.25, -0.2) is 4.39 Å². The molecule has 0 aliphatic carbocycles. The second-order valence-corrected chi connectivity index (χ2v) is 5.27. The predicted molar refractivity (Wildman–Crippen MR) is 86.2 cm³/mol. The summed E-state index contributed by atoms with van der Waals surface area (Å²) in [6.45, 7) is 5.18. The second kappa shape index (κ2) is 7.62. The van der Waals surface area contributed by atoms with Crippen LogP contribution in [-0.2, 0) is 6.42 Å². The molecular formula is C17H22FN3. The van der Waals surface area contributed by atoms with E-state index < -0.39 is 0 Å². The first-order valence-corrected chi connectivity index (χ1v) is 7.37. The molecule has 1 aromatic carbocycles. The summed E-state index contributed by atoms with van der Waals surface area (Å²) in [4.78, 5) is 4.23. The number of anilines is 2. The average molecular weight is 287 g/mol. The zero-order valence-corrected chi connectivity index (χ0v) is 12.6. The highest BCUT2D eigenvalue weighted by Crippen LogP contribution is 2.15. The van der Waals surface area contributed by atoms with Crippen LogP contribution in [0.1, 0.15) is 25.8 Å². The molecule has 1 heterocycles. The van der Waals surface area contributed by atoms with Crippen LogP contribution >= 0.6 is 0 Å². The highest BCUT2D eigenvalue weighted by atomic mass is 19.1. The van der Waals surface area contributed by atoms with E-state index in [1.165, 1.54) is 12.1 Å². The fraction of sp³-hybridized carbons (Fsp3) is 0.353. The molecule has 4 heteroatoms. The molecule has 1 atom stereocenters. The van der Waals surface area contributed by atoms with Crippen molar-refractivity contribution in [3.8, 4) is 0 Å². The van der Waals surface area contributed by atoms with Crippen LogP contribution in [-0.4, -0.2) is 17.6 Å². The highest BCUT2D eigenvalue weighted by molar-refractivity contribution is 5.54. The van der Waals surface area contributed by atoms with Gasteiger partial charge in [-0.05, 0) is 43.5 Å². The molecule has 2 aromatic rings. The van der Waals surface area contributed by atoms with Crippen LogP contribution in [0.2, 0.25) is 0 Å². The van der Waals surface area contributed by atoms with Crippen molar-refractivity contribution < 1.29 is 4.39 Å². The van der Waals surface area contributed by atoms with Gasteiger partial charge in [0, 0.05) is 12.6 Å². The summed E-state index contributed by atoms with van der Waals surface area (Å²) in [5.74, 6) is -0.196. The van der Waals surface area contributed by atoms with E-state index in [1.54, 1.807) is 0 Å². The van der Waals surface area contributed by atoms with Crippen LogP contribution in [0.25, 0.3) is 0 Å². The molecule has 112 valence electrons. The van der Waals surface area contributed by atoms with Gasteiger partial charge >= 0.3 is 0 Å². The number of aromatic nitrogens is 1. The summed E-state index contributed by atoms with van der Waals surface area (Å²) in [6.07, 6.45) is 5.56. The maximum Gasteiger partial charge on any atom is 0.123 e. The fourth-order valence-corrected chi connectivity index (χ4v) is 2.19. The van der Waals surface area contributed by atoms with Crippen LogP contribution in [0.15, 0.2) is 42.7 Å². The molecule has 0 fully saturated rings. The first kappa shape index (κ1) is 15.3. The lowest BCUT2D eigenvalue weighted by Crippen LogP contribution is -2.18. The highest BCUT2D eigenvalue weighted by Gasteiger charge is 2.05. The summed E-state index contributed by atoms with van der Waals surface area (Å²) in [6, 6.07) is 8.95. The van der Waals surface area contributed by atoms with Crippen molar-refractivity contribution in [2.45, 2.75) is 32.7 Å². The normalized spacial score (nSPS) is 12.0. The minimum Gasteiger partial charge on any atom is -0.384 e. The summed E-state index contributed by atoms with van der Waals surface area (Å²) in [5.41, 5.74) is 3.13. The van der Waals surface area contributed by atoms with Gasteiger partial charge in [-0.3, -0.25) is 4.98 Å². The lowest BCUT2D eigenvalue weighted by atomic mass is 10.1. The van der Waals surface area contributed by atoms with E-state index in [2.05, 4.69) is 35.5 Å². The minimum absolute atomic E-state index is 0.196. The third-order valence-electron chi connectivity index (χ3n) is 3.19. The monoisotopic (exact) mass is 287 g/mol. The molecule has 2 N–H and O–H groups in total. The first-order valence-electron chi connectivity index (χ1n) is 7.37. The molecule has 21 heavy (non-hydrogen) atoms. The largest absolute Gasteiger partial charge is 0.384 e. The van der Waals surface area contributed by atoms with Crippen molar-refractivity contribution in [3.05, 3.63) is 54.1 Å². The van der Waals surface area contributed by atoms with E-state index in [0.717, 1.165) is 36.3 Å². The van der Waals surface area contributed by atoms with Crippen molar-refractivity contribution in [3.63, 3.8) is 0 Å². The molecule has 0 bridgehead atoms. The van der Waals surface area contributed by atoms with Gasteiger partial charge in [-0.1, -0.05) is 19.1 Å². The molecule has 0 radical (unpaired) electrons. The Hall–Kier alpha value is -2.10. The van der Waals surface area contributed by atoms with Crippen molar-refractivity contribution in [2.24, 2.45) is 0 Å².